The molecule has 0 aromatic heterocycles. The number of phenols is 1. The molecule has 0 heterocycles. The number of phenolic OH excluding ortho intramolecular Hbond substituents is 1. The number of aryl methyl sites for hydroxylation is 2. The molecule has 2 aromatic carbocycles. The molecule has 0 saturated heterocycles. The molecular formula is C19H21N3O3. The molecular weight excluding hydrogens is 318 g/mol. The number of primary amides is 1. The summed E-state index contributed by atoms with van der Waals surface area (Å²) in [5.41, 5.74) is 9.31. The summed E-state index contributed by atoms with van der Waals surface area (Å²) in [7, 11) is 0. The number of urea groups is 1. The van der Waals surface area contributed by atoms with Gasteiger partial charge >= 0.3 is 6.03 Å². The lowest BCUT2D eigenvalue weighted by Gasteiger charge is -2.25. The molecule has 2 aromatic rings. The molecule has 0 fully saturated rings. The van der Waals surface area contributed by atoms with Gasteiger partial charge in [0.25, 0.3) is 0 Å². The van der Waals surface area contributed by atoms with E-state index < -0.39 is 5.91 Å². The Balaban J connectivity index is 1.64. The summed E-state index contributed by atoms with van der Waals surface area (Å²) in [5, 5.41) is 15.3. The number of aromatic hydroxyl groups is 1. The summed E-state index contributed by atoms with van der Waals surface area (Å²) < 4.78 is 0. The van der Waals surface area contributed by atoms with Crippen LogP contribution in [0.25, 0.3) is 0 Å². The smallest absolute Gasteiger partial charge is 0.319 e. The normalized spacial score (nSPS) is 16.0. The maximum Gasteiger partial charge on any atom is 0.319 e. The van der Waals surface area contributed by atoms with Crippen LogP contribution in [0.3, 0.4) is 0 Å². The van der Waals surface area contributed by atoms with Gasteiger partial charge in [0.15, 0.2) is 0 Å². The number of nitrogens with one attached hydrogen (secondary N) is 2. The second-order valence-electron chi connectivity index (χ2n) is 6.44. The van der Waals surface area contributed by atoms with Crippen LogP contribution < -0.4 is 16.4 Å². The average molecular weight is 339 g/mol. The Morgan fingerprint density at radius 1 is 1.16 bits per heavy atom. The number of nitrogens with two attached hydrogens (primary N) is 1. The van der Waals surface area contributed by atoms with Crippen molar-refractivity contribution in [2.24, 2.45) is 5.73 Å². The zero-order valence-electron chi connectivity index (χ0n) is 14.0. The minimum Gasteiger partial charge on any atom is -0.508 e. The van der Waals surface area contributed by atoms with Crippen molar-refractivity contribution in [2.45, 2.75) is 32.2 Å². The summed E-state index contributed by atoms with van der Waals surface area (Å²) in [6, 6.07) is 10.1. The molecule has 5 N–H and O–H groups in total. The lowest BCUT2D eigenvalue weighted by molar-refractivity contribution is 0.1000. The van der Waals surface area contributed by atoms with Gasteiger partial charge in [0, 0.05) is 17.3 Å². The predicted molar refractivity (Wildman–Crippen MR) is 95.8 cm³/mol. The lowest BCUT2D eigenvalue weighted by Crippen LogP contribution is -2.41. The van der Waals surface area contributed by atoms with Crippen LogP contribution in [0.4, 0.5) is 10.5 Å². The third-order valence-corrected chi connectivity index (χ3v) is 4.37. The monoisotopic (exact) mass is 339 g/mol. The molecule has 1 aliphatic rings. The first-order valence-corrected chi connectivity index (χ1v) is 8.20. The zero-order valence-corrected chi connectivity index (χ0v) is 14.0. The first-order valence-electron chi connectivity index (χ1n) is 8.20. The van der Waals surface area contributed by atoms with Gasteiger partial charge in [-0.2, -0.15) is 0 Å². The number of hydrogen-bond donors (Lipinski definition) is 4. The topological polar surface area (TPSA) is 104 Å². The van der Waals surface area contributed by atoms with E-state index in [-0.39, 0.29) is 17.8 Å². The van der Waals surface area contributed by atoms with Crippen molar-refractivity contribution in [1.82, 2.24) is 5.32 Å². The van der Waals surface area contributed by atoms with E-state index in [1.165, 1.54) is 0 Å². The van der Waals surface area contributed by atoms with E-state index in [1.54, 1.807) is 30.3 Å². The molecule has 130 valence electrons. The van der Waals surface area contributed by atoms with Crippen LogP contribution in [-0.4, -0.2) is 23.1 Å². The number of amides is 3. The van der Waals surface area contributed by atoms with E-state index in [1.807, 2.05) is 13.0 Å². The number of anilines is 1. The molecule has 1 aliphatic carbocycles. The van der Waals surface area contributed by atoms with Crippen molar-refractivity contribution < 1.29 is 14.7 Å². The third kappa shape index (κ3) is 4.09. The van der Waals surface area contributed by atoms with Crippen LogP contribution in [0.1, 0.15) is 33.5 Å². The lowest BCUT2D eigenvalue weighted by atomic mass is 9.88. The minimum atomic E-state index is -0.528. The van der Waals surface area contributed by atoms with Crippen LogP contribution in [-0.2, 0) is 12.8 Å². The van der Waals surface area contributed by atoms with Gasteiger partial charge in [0.2, 0.25) is 5.91 Å². The van der Waals surface area contributed by atoms with E-state index in [0.29, 0.717) is 11.3 Å². The van der Waals surface area contributed by atoms with E-state index in [9.17, 15) is 14.7 Å². The molecule has 0 bridgehead atoms. The van der Waals surface area contributed by atoms with Crippen molar-refractivity contribution in [2.75, 3.05) is 5.32 Å². The maximum atomic E-state index is 12.3. The third-order valence-electron chi connectivity index (χ3n) is 4.37. The highest BCUT2D eigenvalue weighted by atomic mass is 16.3. The van der Waals surface area contributed by atoms with Crippen LogP contribution in [0.5, 0.6) is 5.75 Å². The second-order valence-corrected chi connectivity index (χ2v) is 6.44. The highest BCUT2D eigenvalue weighted by molar-refractivity contribution is 5.96. The summed E-state index contributed by atoms with van der Waals surface area (Å²) in [5.74, 6) is -0.257. The van der Waals surface area contributed by atoms with Crippen molar-refractivity contribution in [3.63, 3.8) is 0 Å². The molecule has 0 spiro atoms. The number of carbonyl (C=O) groups excluding carboxylic acids is 2. The molecule has 1 unspecified atom stereocenters. The Morgan fingerprint density at radius 3 is 2.72 bits per heavy atom. The zero-order chi connectivity index (χ0) is 18.0. The van der Waals surface area contributed by atoms with Crippen LogP contribution >= 0.6 is 0 Å². The standard InChI is InChI=1S/C19H21N3O3/c1-11-6-14(18(20)24)9-16(7-11)22-19(25)21-15-4-2-13-10-17(23)5-3-12(13)8-15/h3,5-7,9-10,15,23H,2,4,8H2,1H3,(H2,20,24)(H2,21,22,25). The number of hydrogen-bond acceptors (Lipinski definition) is 3. The Kier molecular flexibility index (Phi) is 4.61. The van der Waals surface area contributed by atoms with E-state index in [0.717, 1.165) is 36.0 Å². The fourth-order valence-corrected chi connectivity index (χ4v) is 3.21. The first kappa shape index (κ1) is 16.8. The molecule has 0 radical (unpaired) electrons. The Bertz CT molecular complexity index is 833. The van der Waals surface area contributed by atoms with Gasteiger partial charge in [-0.25, -0.2) is 4.79 Å². The number of rotatable bonds is 3. The van der Waals surface area contributed by atoms with Gasteiger partial charge in [0.05, 0.1) is 0 Å². The van der Waals surface area contributed by atoms with E-state index >= 15 is 0 Å². The molecule has 6 heteroatoms. The Hall–Kier alpha value is -3.02. The molecule has 6 nitrogen and oxygen atoms in total. The SMILES string of the molecule is Cc1cc(NC(=O)NC2CCc3cc(O)ccc3C2)cc(C(N)=O)c1. The first-order chi connectivity index (χ1) is 11.9. The largest absolute Gasteiger partial charge is 0.508 e. The van der Waals surface area contributed by atoms with Crippen molar-refractivity contribution >= 4 is 17.6 Å². The minimum absolute atomic E-state index is 0.0254. The number of fused-ring (bicyclic) bond motifs is 1. The molecule has 3 rings (SSSR count). The van der Waals surface area contributed by atoms with Gasteiger partial charge in [-0.05, 0) is 73.2 Å². The van der Waals surface area contributed by atoms with Crippen LogP contribution in [0.2, 0.25) is 0 Å². The van der Waals surface area contributed by atoms with Gasteiger partial charge in [-0.3, -0.25) is 4.79 Å². The summed E-state index contributed by atoms with van der Waals surface area (Å²) in [4.78, 5) is 23.6. The molecule has 0 aliphatic heterocycles. The highest BCUT2D eigenvalue weighted by Gasteiger charge is 2.20. The molecule has 25 heavy (non-hydrogen) atoms. The molecule has 1 atom stereocenters. The second kappa shape index (κ2) is 6.84. The van der Waals surface area contributed by atoms with Gasteiger partial charge in [-0.1, -0.05) is 6.07 Å². The summed E-state index contributed by atoms with van der Waals surface area (Å²) >= 11 is 0. The quantitative estimate of drug-likeness (QED) is 0.690. The van der Waals surface area contributed by atoms with Crippen LogP contribution in [0, 0.1) is 6.92 Å². The van der Waals surface area contributed by atoms with Crippen molar-refractivity contribution in [1.29, 1.82) is 0 Å². The summed E-state index contributed by atoms with van der Waals surface area (Å²) in [6.07, 6.45) is 2.35. The maximum absolute atomic E-state index is 12.3. The number of benzene rings is 2. The fourth-order valence-electron chi connectivity index (χ4n) is 3.21. The fraction of sp³-hybridized carbons (Fsp3) is 0.263. The predicted octanol–water partition coefficient (Wildman–Crippen LogP) is 2.48. The summed E-state index contributed by atoms with van der Waals surface area (Å²) in [6.45, 7) is 1.84. The Labute approximate surface area is 146 Å². The molecule has 3 amide bonds. The van der Waals surface area contributed by atoms with Gasteiger partial charge in [0.1, 0.15) is 5.75 Å². The number of carbonyl (C=O) groups is 2. The van der Waals surface area contributed by atoms with Gasteiger partial charge in [-0.15, -0.1) is 0 Å². The Morgan fingerprint density at radius 2 is 1.96 bits per heavy atom. The van der Waals surface area contributed by atoms with E-state index in [2.05, 4.69) is 10.6 Å². The van der Waals surface area contributed by atoms with Crippen molar-refractivity contribution in [3.8, 4) is 5.75 Å². The van der Waals surface area contributed by atoms with Gasteiger partial charge < -0.3 is 21.5 Å². The van der Waals surface area contributed by atoms with Crippen molar-refractivity contribution in [3.05, 3.63) is 58.7 Å². The molecule has 0 saturated carbocycles. The highest BCUT2D eigenvalue weighted by Crippen LogP contribution is 2.25. The average Bonchev–Trinajstić information content (AvgIpc) is 2.54. The van der Waals surface area contributed by atoms with Crippen LogP contribution in [0.15, 0.2) is 36.4 Å². The van der Waals surface area contributed by atoms with E-state index in [4.69, 9.17) is 5.73 Å².